The van der Waals surface area contributed by atoms with Crippen LogP contribution in [0.5, 0.6) is 0 Å². The lowest BCUT2D eigenvalue weighted by Crippen LogP contribution is -2.17. The van der Waals surface area contributed by atoms with Crippen molar-refractivity contribution in [2.24, 2.45) is 5.92 Å². The van der Waals surface area contributed by atoms with Gasteiger partial charge in [0.1, 0.15) is 0 Å². The molecule has 1 aromatic carbocycles. The zero-order chi connectivity index (χ0) is 15.4. The van der Waals surface area contributed by atoms with Crippen molar-refractivity contribution in [3.63, 3.8) is 0 Å². The van der Waals surface area contributed by atoms with E-state index in [1.807, 2.05) is 12.1 Å². The fourth-order valence-electron chi connectivity index (χ4n) is 2.58. The second-order valence-corrected chi connectivity index (χ2v) is 6.24. The van der Waals surface area contributed by atoms with Gasteiger partial charge in [0, 0.05) is 12.2 Å². The van der Waals surface area contributed by atoms with Crippen molar-refractivity contribution in [3.8, 4) is 11.1 Å². The van der Waals surface area contributed by atoms with Crippen LogP contribution in [0.4, 0.5) is 0 Å². The quantitative estimate of drug-likeness (QED) is 0.851. The van der Waals surface area contributed by atoms with Gasteiger partial charge in [-0.3, -0.25) is 14.6 Å². The van der Waals surface area contributed by atoms with Crippen LogP contribution in [-0.2, 0) is 13.0 Å². The van der Waals surface area contributed by atoms with E-state index >= 15 is 0 Å². The number of H-pyrrole nitrogens is 1. The van der Waals surface area contributed by atoms with E-state index in [4.69, 9.17) is 0 Å². The van der Waals surface area contributed by atoms with Gasteiger partial charge in [-0.05, 0) is 31.2 Å². The highest BCUT2D eigenvalue weighted by molar-refractivity contribution is 5.65. The van der Waals surface area contributed by atoms with Crippen molar-refractivity contribution in [2.45, 2.75) is 53.5 Å². The molecule has 0 radical (unpaired) electrons. The van der Waals surface area contributed by atoms with Gasteiger partial charge in [-0.1, -0.05) is 57.0 Å². The van der Waals surface area contributed by atoms with Gasteiger partial charge in [-0.25, -0.2) is 0 Å². The van der Waals surface area contributed by atoms with Crippen LogP contribution in [0.25, 0.3) is 11.1 Å². The Labute approximate surface area is 127 Å². The lowest BCUT2D eigenvalue weighted by Gasteiger charge is -2.05. The third-order valence-electron chi connectivity index (χ3n) is 3.72. The number of hydrogen-bond donors (Lipinski definition) is 1. The Balaban J connectivity index is 2.47. The van der Waals surface area contributed by atoms with Gasteiger partial charge in [0.15, 0.2) is 0 Å². The minimum atomic E-state index is 0.114. The molecule has 1 heterocycles. The molecule has 1 aromatic heterocycles. The number of nitrogens with one attached hydrogen (secondary N) is 1. The predicted octanol–water partition coefficient (Wildman–Crippen LogP) is 4.15. The van der Waals surface area contributed by atoms with Crippen LogP contribution in [0.15, 0.2) is 29.1 Å². The van der Waals surface area contributed by atoms with Crippen LogP contribution in [0.1, 0.15) is 44.9 Å². The molecule has 0 bridgehead atoms. The standard InChI is InChI=1S/C18H26N2O/c1-5-6-11-20-18(21)17(16(19-20)12-13(2)3)15-9-7-14(4)8-10-15/h7-10,13,19H,5-6,11-12H2,1-4H3. The molecule has 0 spiro atoms. The summed E-state index contributed by atoms with van der Waals surface area (Å²) in [6.07, 6.45) is 3.01. The molecule has 0 unspecified atom stereocenters. The van der Waals surface area contributed by atoms with Crippen LogP contribution in [-0.4, -0.2) is 9.78 Å². The summed E-state index contributed by atoms with van der Waals surface area (Å²) in [4.78, 5) is 12.7. The molecular weight excluding hydrogens is 260 g/mol. The molecule has 3 nitrogen and oxygen atoms in total. The average Bonchev–Trinajstić information content (AvgIpc) is 2.73. The maximum Gasteiger partial charge on any atom is 0.274 e. The largest absolute Gasteiger partial charge is 0.299 e. The molecule has 0 atom stereocenters. The van der Waals surface area contributed by atoms with Gasteiger partial charge in [0.25, 0.3) is 5.56 Å². The van der Waals surface area contributed by atoms with Crippen LogP contribution in [0.2, 0.25) is 0 Å². The van der Waals surface area contributed by atoms with Crippen molar-refractivity contribution < 1.29 is 0 Å². The lowest BCUT2D eigenvalue weighted by molar-refractivity contribution is 0.542. The highest BCUT2D eigenvalue weighted by atomic mass is 16.1. The topological polar surface area (TPSA) is 37.8 Å². The Morgan fingerprint density at radius 2 is 1.86 bits per heavy atom. The normalized spacial score (nSPS) is 11.3. The third kappa shape index (κ3) is 3.66. The van der Waals surface area contributed by atoms with Gasteiger partial charge in [0.05, 0.1) is 5.56 Å². The first-order valence-corrected chi connectivity index (χ1v) is 7.91. The fourth-order valence-corrected chi connectivity index (χ4v) is 2.58. The Hall–Kier alpha value is -1.77. The van der Waals surface area contributed by atoms with E-state index in [0.29, 0.717) is 5.92 Å². The number of unbranched alkanes of at least 4 members (excludes halogenated alkanes) is 1. The Morgan fingerprint density at radius 3 is 2.43 bits per heavy atom. The Kier molecular flexibility index (Phi) is 5.05. The summed E-state index contributed by atoms with van der Waals surface area (Å²) in [5.74, 6) is 0.520. The smallest absolute Gasteiger partial charge is 0.274 e. The Bertz CT molecular complexity index is 632. The minimum Gasteiger partial charge on any atom is -0.299 e. The molecule has 0 aliphatic rings. The monoisotopic (exact) mass is 286 g/mol. The molecular formula is C18H26N2O. The summed E-state index contributed by atoms with van der Waals surface area (Å²) in [5, 5.41) is 3.33. The van der Waals surface area contributed by atoms with Crippen molar-refractivity contribution in [3.05, 3.63) is 45.9 Å². The molecule has 114 valence electrons. The zero-order valence-corrected chi connectivity index (χ0v) is 13.6. The average molecular weight is 286 g/mol. The number of aromatic nitrogens is 2. The third-order valence-corrected chi connectivity index (χ3v) is 3.72. The molecule has 0 fully saturated rings. The zero-order valence-electron chi connectivity index (χ0n) is 13.6. The highest BCUT2D eigenvalue weighted by Gasteiger charge is 2.16. The van der Waals surface area contributed by atoms with Gasteiger partial charge in [0.2, 0.25) is 0 Å². The predicted molar refractivity (Wildman–Crippen MR) is 88.7 cm³/mol. The van der Waals surface area contributed by atoms with Gasteiger partial charge < -0.3 is 0 Å². The van der Waals surface area contributed by atoms with E-state index < -0.39 is 0 Å². The summed E-state index contributed by atoms with van der Waals surface area (Å²) in [5.41, 5.74) is 4.26. The Morgan fingerprint density at radius 1 is 1.19 bits per heavy atom. The summed E-state index contributed by atoms with van der Waals surface area (Å²) < 4.78 is 1.77. The van der Waals surface area contributed by atoms with Crippen LogP contribution >= 0.6 is 0 Å². The molecule has 0 amide bonds. The second-order valence-electron chi connectivity index (χ2n) is 6.24. The van der Waals surface area contributed by atoms with Crippen molar-refractivity contribution >= 4 is 0 Å². The van der Waals surface area contributed by atoms with Gasteiger partial charge in [-0.2, -0.15) is 0 Å². The molecule has 0 aliphatic heterocycles. The number of benzene rings is 1. The second kappa shape index (κ2) is 6.79. The molecule has 21 heavy (non-hydrogen) atoms. The fraction of sp³-hybridized carbons (Fsp3) is 0.500. The van der Waals surface area contributed by atoms with Crippen LogP contribution in [0.3, 0.4) is 0 Å². The molecule has 1 N–H and O–H groups in total. The summed E-state index contributed by atoms with van der Waals surface area (Å²) >= 11 is 0. The number of aromatic amines is 1. The molecule has 0 saturated heterocycles. The number of hydrogen-bond acceptors (Lipinski definition) is 1. The summed E-state index contributed by atoms with van der Waals surface area (Å²) in [6, 6.07) is 8.23. The molecule has 2 rings (SSSR count). The first kappa shape index (κ1) is 15.6. The number of aryl methyl sites for hydroxylation is 2. The summed E-state index contributed by atoms with van der Waals surface area (Å²) in [6.45, 7) is 9.34. The van der Waals surface area contributed by atoms with E-state index in [1.54, 1.807) is 4.68 Å². The van der Waals surface area contributed by atoms with E-state index in [9.17, 15) is 4.79 Å². The maximum absolute atomic E-state index is 12.7. The van der Waals surface area contributed by atoms with Crippen LogP contribution < -0.4 is 5.56 Å². The first-order chi connectivity index (χ1) is 10.0. The van der Waals surface area contributed by atoms with E-state index in [1.165, 1.54) is 5.56 Å². The van der Waals surface area contributed by atoms with Crippen molar-refractivity contribution in [2.75, 3.05) is 0 Å². The van der Waals surface area contributed by atoms with Crippen molar-refractivity contribution in [1.29, 1.82) is 0 Å². The number of rotatable bonds is 6. The maximum atomic E-state index is 12.7. The first-order valence-electron chi connectivity index (χ1n) is 7.91. The van der Waals surface area contributed by atoms with E-state index in [2.05, 4.69) is 44.9 Å². The van der Waals surface area contributed by atoms with Crippen LogP contribution in [0, 0.1) is 12.8 Å². The van der Waals surface area contributed by atoms with Crippen molar-refractivity contribution in [1.82, 2.24) is 9.78 Å². The molecule has 3 heteroatoms. The van der Waals surface area contributed by atoms with Gasteiger partial charge in [-0.15, -0.1) is 0 Å². The lowest BCUT2D eigenvalue weighted by atomic mass is 9.99. The molecule has 0 saturated carbocycles. The van der Waals surface area contributed by atoms with E-state index in [-0.39, 0.29) is 5.56 Å². The summed E-state index contributed by atoms with van der Waals surface area (Å²) in [7, 11) is 0. The van der Waals surface area contributed by atoms with Gasteiger partial charge >= 0.3 is 0 Å². The molecule has 0 aliphatic carbocycles. The van der Waals surface area contributed by atoms with E-state index in [0.717, 1.165) is 42.6 Å². The minimum absolute atomic E-state index is 0.114. The SMILES string of the molecule is CCCCn1[nH]c(CC(C)C)c(-c2ccc(C)cc2)c1=O. The highest BCUT2D eigenvalue weighted by Crippen LogP contribution is 2.22. The molecule has 2 aromatic rings. The number of nitrogens with zero attached hydrogens (tertiary/aromatic N) is 1.